The highest BCUT2D eigenvalue weighted by atomic mass is 16.5. The third-order valence-corrected chi connectivity index (χ3v) is 2.32. The van der Waals surface area contributed by atoms with Crippen LogP contribution in [0.2, 0.25) is 0 Å². The molecular weight excluding hydrogens is 208 g/mol. The summed E-state index contributed by atoms with van der Waals surface area (Å²) in [6, 6.07) is 5.41. The van der Waals surface area contributed by atoms with Gasteiger partial charge in [0, 0.05) is 12.7 Å². The van der Waals surface area contributed by atoms with Crippen LogP contribution in [-0.4, -0.2) is 32.0 Å². The summed E-state index contributed by atoms with van der Waals surface area (Å²) in [4.78, 5) is 0. The number of aliphatic hydroxyl groups is 1. The Bertz CT molecular complexity index is 303. The van der Waals surface area contributed by atoms with E-state index in [4.69, 9.17) is 14.2 Å². The quantitative estimate of drug-likeness (QED) is 0.800. The van der Waals surface area contributed by atoms with E-state index in [0.717, 1.165) is 0 Å². The van der Waals surface area contributed by atoms with Crippen LogP contribution < -0.4 is 9.47 Å². The van der Waals surface area contributed by atoms with Gasteiger partial charge in [-0.05, 0) is 13.0 Å². The van der Waals surface area contributed by atoms with Gasteiger partial charge in [0.1, 0.15) is 6.61 Å². The van der Waals surface area contributed by atoms with Crippen molar-refractivity contribution >= 4 is 0 Å². The molecule has 1 unspecified atom stereocenters. The first-order chi connectivity index (χ1) is 7.72. The van der Waals surface area contributed by atoms with Gasteiger partial charge in [-0.25, -0.2) is 0 Å². The zero-order chi connectivity index (χ0) is 12.0. The van der Waals surface area contributed by atoms with E-state index in [-0.39, 0.29) is 12.7 Å². The van der Waals surface area contributed by atoms with Crippen LogP contribution in [0.3, 0.4) is 0 Å². The summed E-state index contributed by atoms with van der Waals surface area (Å²) < 4.78 is 15.9. The van der Waals surface area contributed by atoms with E-state index in [9.17, 15) is 5.11 Å². The third kappa shape index (κ3) is 3.12. The van der Waals surface area contributed by atoms with Gasteiger partial charge in [-0.15, -0.1) is 0 Å². The number of aliphatic hydroxyl groups excluding tert-OH is 1. The van der Waals surface area contributed by atoms with Crippen molar-refractivity contribution in [3.63, 3.8) is 0 Å². The smallest absolute Gasteiger partial charge is 0.166 e. The Kier molecular flexibility index (Phi) is 5.08. The monoisotopic (exact) mass is 226 g/mol. The van der Waals surface area contributed by atoms with Crippen LogP contribution in [0.4, 0.5) is 0 Å². The van der Waals surface area contributed by atoms with Crippen molar-refractivity contribution in [2.24, 2.45) is 0 Å². The highest BCUT2D eigenvalue weighted by Crippen LogP contribution is 2.31. The SMILES string of the molecule is COc1cccc(CO)c1OCC(C)OC. The summed E-state index contributed by atoms with van der Waals surface area (Å²) in [5.41, 5.74) is 0.711. The Balaban J connectivity index is 2.82. The number of para-hydroxylation sites is 1. The maximum absolute atomic E-state index is 9.19. The average Bonchev–Trinajstić information content (AvgIpc) is 2.35. The first-order valence-electron chi connectivity index (χ1n) is 5.15. The van der Waals surface area contributed by atoms with Gasteiger partial charge in [0.2, 0.25) is 0 Å². The van der Waals surface area contributed by atoms with Gasteiger partial charge in [0.15, 0.2) is 11.5 Å². The highest BCUT2D eigenvalue weighted by Gasteiger charge is 2.11. The van der Waals surface area contributed by atoms with E-state index in [0.29, 0.717) is 23.7 Å². The normalized spacial score (nSPS) is 12.2. The van der Waals surface area contributed by atoms with Crippen molar-refractivity contribution in [3.05, 3.63) is 23.8 Å². The molecule has 4 nitrogen and oxygen atoms in total. The molecule has 0 heterocycles. The van der Waals surface area contributed by atoms with Crippen molar-refractivity contribution < 1.29 is 19.3 Å². The summed E-state index contributed by atoms with van der Waals surface area (Å²) in [5, 5.41) is 9.19. The Labute approximate surface area is 95.8 Å². The van der Waals surface area contributed by atoms with Gasteiger partial charge in [0.25, 0.3) is 0 Å². The van der Waals surface area contributed by atoms with Gasteiger partial charge in [-0.1, -0.05) is 12.1 Å². The number of methoxy groups -OCH3 is 2. The lowest BCUT2D eigenvalue weighted by atomic mass is 10.2. The van der Waals surface area contributed by atoms with Crippen molar-refractivity contribution in [1.29, 1.82) is 0 Å². The van der Waals surface area contributed by atoms with Gasteiger partial charge < -0.3 is 19.3 Å². The molecule has 0 saturated heterocycles. The lowest BCUT2D eigenvalue weighted by molar-refractivity contribution is 0.0696. The second-order valence-electron chi connectivity index (χ2n) is 3.46. The van der Waals surface area contributed by atoms with Gasteiger partial charge >= 0.3 is 0 Å². The summed E-state index contributed by atoms with van der Waals surface area (Å²) in [5.74, 6) is 1.20. The molecule has 0 aliphatic carbocycles. The van der Waals surface area contributed by atoms with E-state index in [1.54, 1.807) is 26.4 Å². The molecule has 16 heavy (non-hydrogen) atoms. The lowest BCUT2D eigenvalue weighted by Gasteiger charge is -2.16. The number of ether oxygens (including phenoxy) is 3. The zero-order valence-electron chi connectivity index (χ0n) is 9.90. The predicted octanol–water partition coefficient (Wildman–Crippen LogP) is 1.60. The van der Waals surface area contributed by atoms with Crippen LogP contribution in [0.5, 0.6) is 11.5 Å². The highest BCUT2D eigenvalue weighted by molar-refractivity contribution is 5.46. The maximum Gasteiger partial charge on any atom is 0.166 e. The van der Waals surface area contributed by atoms with Crippen LogP contribution in [0.25, 0.3) is 0 Å². The Hall–Kier alpha value is -1.26. The van der Waals surface area contributed by atoms with Crippen LogP contribution >= 0.6 is 0 Å². The summed E-state index contributed by atoms with van der Waals surface area (Å²) in [6.07, 6.45) is -0.00328. The van der Waals surface area contributed by atoms with Gasteiger partial charge in [-0.2, -0.15) is 0 Å². The lowest BCUT2D eigenvalue weighted by Crippen LogP contribution is -2.17. The van der Waals surface area contributed by atoms with Crippen molar-refractivity contribution in [3.8, 4) is 11.5 Å². The molecule has 1 N–H and O–H groups in total. The fourth-order valence-electron chi connectivity index (χ4n) is 1.28. The molecular formula is C12H18O4. The van der Waals surface area contributed by atoms with Crippen LogP contribution in [0.15, 0.2) is 18.2 Å². The molecule has 0 aliphatic heterocycles. The molecule has 1 rings (SSSR count). The van der Waals surface area contributed by atoms with E-state index >= 15 is 0 Å². The largest absolute Gasteiger partial charge is 0.493 e. The molecule has 1 aromatic rings. The minimum absolute atomic E-state index is 0.00328. The summed E-state index contributed by atoms with van der Waals surface area (Å²) >= 11 is 0. The molecule has 0 saturated carbocycles. The number of benzene rings is 1. The third-order valence-electron chi connectivity index (χ3n) is 2.32. The standard InChI is InChI=1S/C12H18O4/c1-9(14-2)8-16-12-10(7-13)5-4-6-11(12)15-3/h4-6,9,13H,7-8H2,1-3H3. The molecule has 0 amide bonds. The second-order valence-corrected chi connectivity index (χ2v) is 3.46. The molecule has 0 fully saturated rings. The molecule has 0 aliphatic rings. The fraction of sp³-hybridized carbons (Fsp3) is 0.500. The Morgan fingerprint density at radius 1 is 1.31 bits per heavy atom. The van der Waals surface area contributed by atoms with Crippen LogP contribution in [0.1, 0.15) is 12.5 Å². The van der Waals surface area contributed by atoms with E-state index in [2.05, 4.69) is 0 Å². The van der Waals surface area contributed by atoms with E-state index in [1.165, 1.54) is 0 Å². The minimum atomic E-state index is -0.0755. The molecule has 90 valence electrons. The molecule has 1 atom stereocenters. The average molecular weight is 226 g/mol. The maximum atomic E-state index is 9.19. The molecule has 1 aromatic carbocycles. The fourth-order valence-corrected chi connectivity index (χ4v) is 1.28. The molecule has 0 aromatic heterocycles. The predicted molar refractivity (Wildman–Crippen MR) is 60.9 cm³/mol. The van der Waals surface area contributed by atoms with E-state index in [1.807, 2.05) is 13.0 Å². The Morgan fingerprint density at radius 2 is 2.06 bits per heavy atom. The molecule has 0 spiro atoms. The molecule has 4 heteroatoms. The molecule has 0 bridgehead atoms. The first-order valence-corrected chi connectivity index (χ1v) is 5.15. The van der Waals surface area contributed by atoms with Crippen molar-refractivity contribution in [2.75, 3.05) is 20.8 Å². The number of rotatable bonds is 6. The summed E-state index contributed by atoms with van der Waals surface area (Å²) in [7, 11) is 3.20. The van der Waals surface area contributed by atoms with E-state index < -0.39 is 0 Å². The second kappa shape index (κ2) is 6.35. The van der Waals surface area contributed by atoms with Crippen molar-refractivity contribution in [2.45, 2.75) is 19.6 Å². The summed E-state index contributed by atoms with van der Waals surface area (Å²) in [6.45, 7) is 2.26. The van der Waals surface area contributed by atoms with Crippen molar-refractivity contribution in [1.82, 2.24) is 0 Å². The minimum Gasteiger partial charge on any atom is -0.493 e. The number of hydrogen-bond acceptors (Lipinski definition) is 4. The number of hydrogen-bond donors (Lipinski definition) is 1. The van der Waals surface area contributed by atoms with Crippen LogP contribution in [0, 0.1) is 0 Å². The van der Waals surface area contributed by atoms with Gasteiger partial charge in [0.05, 0.1) is 19.8 Å². The Morgan fingerprint density at radius 3 is 2.62 bits per heavy atom. The first kappa shape index (κ1) is 12.8. The van der Waals surface area contributed by atoms with Gasteiger partial charge in [-0.3, -0.25) is 0 Å². The topological polar surface area (TPSA) is 47.9 Å². The van der Waals surface area contributed by atoms with Crippen LogP contribution in [-0.2, 0) is 11.3 Å². The molecule has 0 radical (unpaired) electrons. The zero-order valence-corrected chi connectivity index (χ0v) is 9.90.